The quantitative estimate of drug-likeness (QED) is 0.533. The molecule has 1 unspecified atom stereocenters. The highest BCUT2D eigenvalue weighted by Crippen LogP contribution is 2.34. The minimum atomic E-state index is -0.746. The third kappa shape index (κ3) is 1.13. The molecule has 0 bridgehead atoms. The Bertz CT molecular complexity index is 250. The summed E-state index contributed by atoms with van der Waals surface area (Å²) in [6.45, 7) is 5.07. The van der Waals surface area contributed by atoms with Crippen LogP contribution in [0.15, 0.2) is 11.6 Å². The molecule has 1 atom stereocenters. The first-order valence-corrected chi connectivity index (χ1v) is 3.69. The lowest BCUT2D eigenvalue weighted by atomic mass is 9.82. The number of allylic oxidation sites excluding steroid dienone is 2. The first-order valence-electron chi connectivity index (χ1n) is 3.69. The standard InChI is InChI=1S/C9H12O2/c1-6-4-8(11)9(3,5-6)7(2)10/h4H,5H2,1-3H3. The summed E-state index contributed by atoms with van der Waals surface area (Å²) in [5.74, 6) is -0.0712. The summed E-state index contributed by atoms with van der Waals surface area (Å²) in [6, 6.07) is 0. The molecular weight excluding hydrogens is 140 g/mol. The molecule has 0 saturated carbocycles. The van der Waals surface area contributed by atoms with Gasteiger partial charge in [0.05, 0.1) is 5.41 Å². The van der Waals surface area contributed by atoms with Crippen molar-refractivity contribution in [2.75, 3.05) is 0 Å². The Balaban J connectivity index is 2.96. The van der Waals surface area contributed by atoms with Gasteiger partial charge in [0.1, 0.15) is 5.78 Å². The van der Waals surface area contributed by atoms with E-state index in [2.05, 4.69) is 0 Å². The molecule has 0 aliphatic heterocycles. The molecule has 2 heteroatoms. The predicted molar refractivity (Wildman–Crippen MR) is 42.2 cm³/mol. The fourth-order valence-corrected chi connectivity index (χ4v) is 1.38. The van der Waals surface area contributed by atoms with E-state index in [0.29, 0.717) is 6.42 Å². The number of hydrogen-bond acceptors (Lipinski definition) is 2. The van der Waals surface area contributed by atoms with Gasteiger partial charge in [0, 0.05) is 0 Å². The maximum absolute atomic E-state index is 11.3. The Morgan fingerprint density at radius 3 is 2.36 bits per heavy atom. The summed E-state index contributed by atoms with van der Waals surface area (Å²) >= 11 is 0. The predicted octanol–water partition coefficient (Wildman–Crippen LogP) is 1.50. The monoisotopic (exact) mass is 152 g/mol. The van der Waals surface area contributed by atoms with Crippen molar-refractivity contribution in [1.29, 1.82) is 0 Å². The van der Waals surface area contributed by atoms with Crippen LogP contribution in [-0.4, -0.2) is 11.6 Å². The van der Waals surface area contributed by atoms with Crippen LogP contribution in [0.5, 0.6) is 0 Å². The summed E-state index contributed by atoms with van der Waals surface area (Å²) in [6.07, 6.45) is 2.17. The third-order valence-corrected chi connectivity index (χ3v) is 2.33. The average Bonchev–Trinajstić information content (AvgIpc) is 2.08. The van der Waals surface area contributed by atoms with Crippen molar-refractivity contribution in [3.63, 3.8) is 0 Å². The van der Waals surface area contributed by atoms with E-state index in [1.54, 1.807) is 13.0 Å². The van der Waals surface area contributed by atoms with Crippen molar-refractivity contribution >= 4 is 11.6 Å². The topological polar surface area (TPSA) is 34.1 Å². The summed E-state index contributed by atoms with van der Waals surface area (Å²) in [7, 11) is 0. The van der Waals surface area contributed by atoms with Crippen molar-refractivity contribution in [3.05, 3.63) is 11.6 Å². The number of ketones is 2. The fraction of sp³-hybridized carbons (Fsp3) is 0.556. The highest BCUT2D eigenvalue weighted by molar-refractivity contribution is 6.13. The van der Waals surface area contributed by atoms with Gasteiger partial charge in [-0.1, -0.05) is 5.57 Å². The molecule has 0 fully saturated rings. The summed E-state index contributed by atoms with van der Waals surface area (Å²) in [4.78, 5) is 22.3. The fourth-order valence-electron chi connectivity index (χ4n) is 1.38. The Labute approximate surface area is 66.3 Å². The molecule has 0 aromatic rings. The second-order valence-electron chi connectivity index (χ2n) is 3.42. The number of rotatable bonds is 1. The van der Waals surface area contributed by atoms with E-state index >= 15 is 0 Å². The van der Waals surface area contributed by atoms with Gasteiger partial charge < -0.3 is 0 Å². The molecule has 1 rings (SSSR count). The minimum Gasteiger partial charge on any atom is -0.299 e. The van der Waals surface area contributed by atoms with Gasteiger partial charge in [-0.2, -0.15) is 0 Å². The Morgan fingerprint density at radius 2 is 2.18 bits per heavy atom. The van der Waals surface area contributed by atoms with Gasteiger partial charge >= 0.3 is 0 Å². The molecule has 0 aromatic carbocycles. The molecule has 0 saturated heterocycles. The molecule has 0 radical (unpaired) electrons. The van der Waals surface area contributed by atoms with E-state index in [0.717, 1.165) is 5.57 Å². The zero-order valence-corrected chi connectivity index (χ0v) is 7.10. The van der Waals surface area contributed by atoms with Gasteiger partial charge in [0.15, 0.2) is 5.78 Å². The lowest BCUT2D eigenvalue weighted by Crippen LogP contribution is -2.30. The van der Waals surface area contributed by atoms with E-state index in [-0.39, 0.29) is 11.6 Å². The molecule has 0 amide bonds. The van der Waals surface area contributed by atoms with Crippen LogP contribution in [0.25, 0.3) is 0 Å². The van der Waals surface area contributed by atoms with Gasteiger partial charge in [-0.3, -0.25) is 9.59 Å². The summed E-state index contributed by atoms with van der Waals surface area (Å²) < 4.78 is 0. The van der Waals surface area contributed by atoms with Gasteiger partial charge in [0.2, 0.25) is 0 Å². The first-order chi connectivity index (χ1) is 4.97. The highest BCUT2D eigenvalue weighted by atomic mass is 16.2. The lowest BCUT2D eigenvalue weighted by Gasteiger charge is -2.17. The van der Waals surface area contributed by atoms with Crippen LogP contribution in [0, 0.1) is 5.41 Å². The number of carbonyl (C=O) groups excluding carboxylic acids is 2. The number of Topliss-reactive ketones (excluding diaryl/α,β-unsaturated/α-hetero) is 1. The minimum absolute atomic E-state index is 0.0319. The van der Waals surface area contributed by atoms with Crippen LogP contribution in [0.2, 0.25) is 0 Å². The smallest absolute Gasteiger partial charge is 0.169 e. The van der Waals surface area contributed by atoms with Crippen LogP contribution >= 0.6 is 0 Å². The molecule has 0 aromatic heterocycles. The van der Waals surface area contributed by atoms with Crippen molar-refractivity contribution in [2.45, 2.75) is 27.2 Å². The third-order valence-electron chi connectivity index (χ3n) is 2.33. The van der Waals surface area contributed by atoms with E-state index in [1.807, 2.05) is 6.92 Å². The average molecular weight is 152 g/mol. The molecule has 0 heterocycles. The molecule has 1 aliphatic carbocycles. The maximum atomic E-state index is 11.3. The van der Waals surface area contributed by atoms with Crippen molar-refractivity contribution in [1.82, 2.24) is 0 Å². The Kier molecular flexibility index (Phi) is 1.70. The van der Waals surface area contributed by atoms with Crippen LogP contribution in [0.1, 0.15) is 27.2 Å². The van der Waals surface area contributed by atoms with E-state index in [1.165, 1.54) is 6.92 Å². The Hall–Kier alpha value is -0.920. The van der Waals surface area contributed by atoms with E-state index in [9.17, 15) is 9.59 Å². The molecule has 0 spiro atoms. The van der Waals surface area contributed by atoms with Crippen LogP contribution in [0.4, 0.5) is 0 Å². The zero-order chi connectivity index (χ0) is 8.65. The largest absolute Gasteiger partial charge is 0.299 e. The number of hydrogen-bond donors (Lipinski definition) is 0. The molecule has 0 N–H and O–H groups in total. The van der Waals surface area contributed by atoms with Crippen LogP contribution < -0.4 is 0 Å². The second kappa shape index (κ2) is 2.29. The second-order valence-corrected chi connectivity index (χ2v) is 3.42. The van der Waals surface area contributed by atoms with Crippen molar-refractivity contribution in [3.8, 4) is 0 Å². The normalized spacial score (nSPS) is 30.5. The van der Waals surface area contributed by atoms with Gasteiger partial charge in [0.25, 0.3) is 0 Å². The highest BCUT2D eigenvalue weighted by Gasteiger charge is 2.40. The van der Waals surface area contributed by atoms with Gasteiger partial charge in [-0.25, -0.2) is 0 Å². The molecule has 11 heavy (non-hydrogen) atoms. The molecule has 1 aliphatic rings. The maximum Gasteiger partial charge on any atom is 0.169 e. The number of carbonyl (C=O) groups is 2. The SMILES string of the molecule is CC(=O)C1(C)CC(C)=CC1=O. The zero-order valence-electron chi connectivity index (χ0n) is 7.10. The van der Waals surface area contributed by atoms with Gasteiger partial charge in [-0.05, 0) is 33.3 Å². The molecule has 2 nitrogen and oxygen atoms in total. The van der Waals surface area contributed by atoms with Crippen molar-refractivity contribution in [2.24, 2.45) is 5.41 Å². The first kappa shape index (κ1) is 8.18. The summed E-state index contributed by atoms with van der Waals surface area (Å²) in [5.41, 5.74) is 0.261. The Morgan fingerprint density at radius 1 is 1.64 bits per heavy atom. The van der Waals surface area contributed by atoms with Crippen molar-refractivity contribution < 1.29 is 9.59 Å². The van der Waals surface area contributed by atoms with Crippen LogP contribution in [-0.2, 0) is 9.59 Å². The van der Waals surface area contributed by atoms with E-state index < -0.39 is 5.41 Å². The molecular formula is C9H12O2. The van der Waals surface area contributed by atoms with Gasteiger partial charge in [-0.15, -0.1) is 0 Å². The van der Waals surface area contributed by atoms with E-state index in [4.69, 9.17) is 0 Å². The summed E-state index contributed by atoms with van der Waals surface area (Å²) in [5, 5.41) is 0. The van der Waals surface area contributed by atoms with Crippen LogP contribution in [0.3, 0.4) is 0 Å². The lowest BCUT2D eigenvalue weighted by molar-refractivity contribution is -0.134. The molecule has 60 valence electrons.